The van der Waals surface area contributed by atoms with Gasteiger partial charge in [0, 0.05) is 80.4 Å². The summed E-state index contributed by atoms with van der Waals surface area (Å²) in [4.78, 5) is 23.3. The number of halogens is 1. The van der Waals surface area contributed by atoms with Gasteiger partial charge in [-0.3, -0.25) is 19.5 Å². The number of aryl methyl sites for hydroxylation is 1. The molecule has 238 valence electrons. The van der Waals surface area contributed by atoms with Crippen molar-refractivity contribution in [2.45, 2.75) is 18.9 Å². The van der Waals surface area contributed by atoms with Crippen molar-refractivity contribution in [3.05, 3.63) is 59.7 Å². The monoisotopic (exact) mass is 702 g/mol. The van der Waals surface area contributed by atoms with Crippen molar-refractivity contribution in [3.8, 4) is 16.9 Å². The van der Waals surface area contributed by atoms with Crippen LogP contribution in [-0.4, -0.2) is 87.3 Å². The number of rotatable bonds is 8. The molecule has 2 fully saturated rings. The molecule has 0 saturated carbocycles. The van der Waals surface area contributed by atoms with E-state index in [1.54, 1.807) is 39.0 Å². The Morgan fingerprint density at radius 3 is 2.65 bits per heavy atom. The molecule has 0 spiro atoms. The summed E-state index contributed by atoms with van der Waals surface area (Å²) in [6.07, 6.45) is 11.3. The molecule has 5 aromatic rings. The highest BCUT2D eigenvalue weighted by Crippen LogP contribution is 2.43. The molecular formula is C32H36BrN10O2P. The molecule has 12 nitrogen and oxygen atoms in total. The molecule has 2 aliphatic rings. The Hall–Kier alpha value is -4.06. The fourth-order valence-electron chi connectivity index (χ4n) is 6.53. The number of hydrogen-bond donors (Lipinski definition) is 2. The zero-order valence-corrected chi connectivity index (χ0v) is 28.7. The summed E-state index contributed by atoms with van der Waals surface area (Å²) in [5.74, 6) is 1.56. The van der Waals surface area contributed by atoms with Gasteiger partial charge in [-0.1, -0.05) is 0 Å². The van der Waals surface area contributed by atoms with E-state index in [9.17, 15) is 4.57 Å². The van der Waals surface area contributed by atoms with Gasteiger partial charge in [0.05, 0.1) is 40.0 Å². The Morgan fingerprint density at radius 2 is 1.87 bits per heavy atom. The van der Waals surface area contributed by atoms with E-state index in [2.05, 4.69) is 68.5 Å². The van der Waals surface area contributed by atoms with Crippen LogP contribution in [0.5, 0.6) is 5.75 Å². The number of nitrogens with zero attached hydrogens (tertiary/aromatic N) is 8. The number of piperazine rings is 1. The standard InChI is InChI=1S/C32H36BrN10O2P/c1-41-18-20(16-37-41)22-14-26(28(45-2)15-27(22)43-13-12-42-11-5-6-21(42)19-43)39-32-36-17-23(33)31(40-32)38-25-8-7-24-29(35-10-9-34-24)30(25)46(3,4)44/h7-10,14-18,21H,5-6,11-13,19H2,1-4H3,(H2,36,38,39,40)/t21-/m1/s1. The van der Waals surface area contributed by atoms with Gasteiger partial charge in [-0.25, -0.2) is 4.98 Å². The van der Waals surface area contributed by atoms with Crippen molar-refractivity contribution in [1.29, 1.82) is 0 Å². The van der Waals surface area contributed by atoms with Crippen LogP contribution in [0, 0.1) is 0 Å². The lowest BCUT2D eigenvalue weighted by molar-refractivity contribution is 0.231. The van der Waals surface area contributed by atoms with Crippen molar-refractivity contribution in [2.24, 2.45) is 7.05 Å². The minimum Gasteiger partial charge on any atom is -0.494 e. The van der Waals surface area contributed by atoms with Crippen molar-refractivity contribution in [1.82, 2.24) is 34.6 Å². The second kappa shape index (κ2) is 12.3. The number of anilines is 5. The number of nitrogens with one attached hydrogen (secondary N) is 2. The van der Waals surface area contributed by atoms with E-state index in [-0.39, 0.29) is 0 Å². The number of hydrogen-bond acceptors (Lipinski definition) is 11. The molecule has 0 radical (unpaired) electrons. The van der Waals surface area contributed by atoms with Gasteiger partial charge in [0.2, 0.25) is 5.95 Å². The Balaban J connectivity index is 1.24. The maximum absolute atomic E-state index is 13.5. The molecule has 3 aromatic heterocycles. The Morgan fingerprint density at radius 1 is 1.02 bits per heavy atom. The first-order valence-corrected chi connectivity index (χ1v) is 18.6. The van der Waals surface area contributed by atoms with Crippen molar-refractivity contribution in [3.63, 3.8) is 0 Å². The SMILES string of the molecule is COc1cc(N2CCN3CCC[C@@H]3C2)c(-c2cnn(C)c2)cc1Nc1ncc(Br)c(Nc2ccc3nccnc3c2P(C)(C)=O)n1. The number of fused-ring (bicyclic) bond motifs is 2. The summed E-state index contributed by atoms with van der Waals surface area (Å²) in [5.41, 5.74) is 5.86. The molecule has 2 aromatic carbocycles. The maximum atomic E-state index is 13.5. The first kappa shape index (κ1) is 30.6. The smallest absolute Gasteiger partial charge is 0.229 e. The highest BCUT2D eigenvalue weighted by molar-refractivity contribution is 9.10. The van der Waals surface area contributed by atoms with Crippen LogP contribution in [0.2, 0.25) is 0 Å². The maximum Gasteiger partial charge on any atom is 0.229 e. The molecule has 0 bridgehead atoms. The number of benzene rings is 2. The number of aromatic nitrogens is 6. The topological polar surface area (TPSA) is 126 Å². The molecule has 0 unspecified atom stereocenters. The van der Waals surface area contributed by atoms with Gasteiger partial charge in [-0.05, 0) is 66.8 Å². The van der Waals surface area contributed by atoms with Crippen LogP contribution in [0.1, 0.15) is 12.8 Å². The fraction of sp³-hybridized carbons (Fsp3) is 0.344. The molecule has 0 aliphatic carbocycles. The molecule has 0 amide bonds. The summed E-state index contributed by atoms with van der Waals surface area (Å²) < 4.78 is 21.9. The zero-order chi connectivity index (χ0) is 32.0. The highest BCUT2D eigenvalue weighted by atomic mass is 79.9. The molecule has 1 atom stereocenters. The predicted molar refractivity (Wildman–Crippen MR) is 187 cm³/mol. The number of methoxy groups -OCH3 is 1. The zero-order valence-electron chi connectivity index (χ0n) is 26.2. The van der Waals surface area contributed by atoms with Crippen LogP contribution in [0.25, 0.3) is 22.2 Å². The van der Waals surface area contributed by atoms with Crippen LogP contribution >= 0.6 is 23.1 Å². The van der Waals surface area contributed by atoms with E-state index in [1.165, 1.54) is 19.4 Å². The molecule has 2 aliphatic heterocycles. The van der Waals surface area contributed by atoms with Crippen LogP contribution in [0.4, 0.5) is 28.8 Å². The Bertz CT molecular complexity index is 1980. The molecule has 46 heavy (non-hydrogen) atoms. The van der Waals surface area contributed by atoms with Crippen molar-refractivity contribution >= 4 is 68.2 Å². The Labute approximate surface area is 276 Å². The minimum atomic E-state index is -2.76. The molecule has 2 N–H and O–H groups in total. The van der Waals surface area contributed by atoms with Crippen LogP contribution in [0.3, 0.4) is 0 Å². The van der Waals surface area contributed by atoms with Gasteiger partial charge in [0.25, 0.3) is 0 Å². The van der Waals surface area contributed by atoms with Gasteiger partial charge in [0.15, 0.2) is 0 Å². The number of ether oxygens (including phenoxy) is 1. The third kappa shape index (κ3) is 5.94. The van der Waals surface area contributed by atoms with E-state index >= 15 is 0 Å². The van der Waals surface area contributed by atoms with Gasteiger partial charge < -0.3 is 24.8 Å². The summed E-state index contributed by atoms with van der Waals surface area (Å²) in [6, 6.07) is 8.49. The fourth-order valence-corrected chi connectivity index (χ4v) is 8.21. The van der Waals surface area contributed by atoms with Crippen molar-refractivity contribution < 1.29 is 9.30 Å². The van der Waals surface area contributed by atoms with Gasteiger partial charge in [0.1, 0.15) is 24.2 Å². The highest BCUT2D eigenvalue weighted by Gasteiger charge is 2.32. The van der Waals surface area contributed by atoms with Crippen LogP contribution < -0.4 is 25.6 Å². The average molecular weight is 704 g/mol. The minimum absolute atomic E-state index is 0.367. The third-order valence-electron chi connectivity index (χ3n) is 8.66. The first-order chi connectivity index (χ1) is 22.2. The van der Waals surface area contributed by atoms with Crippen molar-refractivity contribution in [2.75, 3.05) is 62.2 Å². The van der Waals surface area contributed by atoms with E-state index < -0.39 is 7.14 Å². The summed E-state index contributed by atoms with van der Waals surface area (Å²) in [5, 5.41) is 11.9. The van der Waals surface area contributed by atoms with Crippen LogP contribution in [0.15, 0.2) is 59.7 Å². The van der Waals surface area contributed by atoms with Crippen LogP contribution in [-0.2, 0) is 11.6 Å². The lowest BCUT2D eigenvalue weighted by Crippen LogP contribution is -2.50. The largest absolute Gasteiger partial charge is 0.494 e. The molecule has 14 heteroatoms. The summed E-state index contributed by atoms with van der Waals surface area (Å²) >= 11 is 3.59. The molecule has 2 saturated heterocycles. The first-order valence-electron chi connectivity index (χ1n) is 15.2. The van der Waals surface area contributed by atoms with E-state index in [1.807, 2.05) is 36.3 Å². The normalized spacial score (nSPS) is 16.9. The van der Waals surface area contributed by atoms with E-state index in [4.69, 9.17) is 9.72 Å². The predicted octanol–water partition coefficient (Wildman–Crippen LogP) is 5.61. The molecule has 7 rings (SSSR count). The van der Waals surface area contributed by atoms with E-state index in [0.717, 1.165) is 42.1 Å². The lowest BCUT2D eigenvalue weighted by Gasteiger charge is -2.39. The summed E-state index contributed by atoms with van der Waals surface area (Å²) in [6.45, 7) is 7.64. The second-order valence-corrected chi connectivity index (χ2v) is 16.1. The second-order valence-electron chi connectivity index (χ2n) is 12.1. The van der Waals surface area contributed by atoms with Gasteiger partial charge in [-0.15, -0.1) is 0 Å². The molecular weight excluding hydrogens is 667 g/mol. The van der Waals surface area contributed by atoms with Gasteiger partial charge >= 0.3 is 0 Å². The average Bonchev–Trinajstić information content (AvgIpc) is 3.70. The lowest BCUT2D eigenvalue weighted by atomic mass is 10.0. The summed E-state index contributed by atoms with van der Waals surface area (Å²) in [7, 11) is 0.848. The molecule has 5 heterocycles. The quantitative estimate of drug-likeness (QED) is 0.196. The Kier molecular flexibility index (Phi) is 8.16. The third-order valence-corrected chi connectivity index (χ3v) is 10.8. The van der Waals surface area contributed by atoms with Gasteiger partial charge in [-0.2, -0.15) is 10.1 Å². The van der Waals surface area contributed by atoms with E-state index in [0.29, 0.717) is 50.1 Å².